The SMILES string of the molecule is COc1ccc(N2C(=S)N[C@H](c3ccccn3)[C@@H]2c2cc(C)n(-c3cccc(Cl)c3Cl)c2C)cc1. The Morgan fingerprint density at radius 3 is 2.46 bits per heavy atom. The number of ether oxygens (including phenoxy) is 1. The number of nitrogens with zero attached hydrogens (tertiary/aromatic N) is 3. The Bertz CT molecular complexity index is 1390. The highest BCUT2D eigenvalue weighted by molar-refractivity contribution is 7.80. The highest BCUT2D eigenvalue weighted by Gasteiger charge is 2.42. The summed E-state index contributed by atoms with van der Waals surface area (Å²) in [7, 11) is 1.66. The van der Waals surface area contributed by atoms with Gasteiger partial charge in [0.15, 0.2) is 5.11 Å². The molecular weight excluding hydrogens is 499 g/mol. The van der Waals surface area contributed by atoms with Gasteiger partial charge in [-0.15, -0.1) is 0 Å². The number of nitrogens with one attached hydrogen (secondary N) is 1. The molecule has 178 valence electrons. The summed E-state index contributed by atoms with van der Waals surface area (Å²) in [6, 6.07) is 21.5. The van der Waals surface area contributed by atoms with Crippen LogP contribution in [0.25, 0.3) is 5.69 Å². The van der Waals surface area contributed by atoms with Crippen molar-refractivity contribution in [2.75, 3.05) is 12.0 Å². The summed E-state index contributed by atoms with van der Waals surface area (Å²) in [5.74, 6) is 0.790. The van der Waals surface area contributed by atoms with Gasteiger partial charge < -0.3 is 19.5 Å². The Labute approximate surface area is 220 Å². The molecule has 1 saturated heterocycles. The first-order chi connectivity index (χ1) is 16.9. The third-order valence-corrected chi connectivity index (χ3v) is 7.53. The van der Waals surface area contributed by atoms with Crippen LogP contribution in [0.4, 0.5) is 5.69 Å². The van der Waals surface area contributed by atoms with Crippen LogP contribution in [0.2, 0.25) is 10.0 Å². The van der Waals surface area contributed by atoms with Gasteiger partial charge in [0, 0.05) is 23.3 Å². The lowest BCUT2D eigenvalue weighted by atomic mass is 9.96. The van der Waals surface area contributed by atoms with Gasteiger partial charge in [0.1, 0.15) is 5.75 Å². The van der Waals surface area contributed by atoms with E-state index in [1.807, 2.05) is 60.8 Å². The van der Waals surface area contributed by atoms with Crippen molar-refractivity contribution in [3.05, 3.63) is 106 Å². The second-order valence-corrected chi connectivity index (χ2v) is 9.60. The molecule has 0 spiro atoms. The van der Waals surface area contributed by atoms with Crippen LogP contribution in [-0.2, 0) is 0 Å². The Hall–Kier alpha value is -3.06. The third-order valence-electron chi connectivity index (χ3n) is 6.41. The predicted molar refractivity (Wildman–Crippen MR) is 146 cm³/mol. The van der Waals surface area contributed by atoms with Gasteiger partial charge in [0.05, 0.1) is 40.6 Å². The van der Waals surface area contributed by atoms with Crippen molar-refractivity contribution >= 4 is 46.2 Å². The van der Waals surface area contributed by atoms with Crippen molar-refractivity contribution in [2.45, 2.75) is 25.9 Å². The lowest BCUT2D eigenvalue weighted by molar-refractivity contribution is 0.415. The van der Waals surface area contributed by atoms with E-state index in [1.165, 1.54) is 0 Å². The maximum Gasteiger partial charge on any atom is 0.174 e. The van der Waals surface area contributed by atoms with Gasteiger partial charge in [-0.2, -0.15) is 0 Å². The number of methoxy groups -OCH3 is 1. The maximum absolute atomic E-state index is 6.62. The quantitative estimate of drug-likeness (QED) is 0.286. The number of hydrogen-bond acceptors (Lipinski definition) is 3. The molecule has 5 nitrogen and oxygen atoms in total. The van der Waals surface area contributed by atoms with Gasteiger partial charge in [0.2, 0.25) is 0 Å². The Morgan fingerprint density at radius 1 is 1.00 bits per heavy atom. The summed E-state index contributed by atoms with van der Waals surface area (Å²) in [4.78, 5) is 6.81. The van der Waals surface area contributed by atoms with Crippen molar-refractivity contribution in [1.29, 1.82) is 0 Å². The molecule has 1 fully saturated rings. The van der Waals surface area contributed by atoms with E-state index in [2.05, 4.69) is 39.7 Å². The van der Waals surface area contributed by atoms with Gasteiger partial charge in [0.25, 0.3) is 0 Å². The van der Waals surface area contributed by atoms with Crippen LogP contribution in [0.1, 0.15) is 34.7 Å². The molecule has 0 saturated carbocycles. The topological polar surface area (TPSA) is 42.3 Å². The lowest BCUT2D eigenvalue weighted by Crippen LogP contribution is -2.29. The van der Waals surface area contributed by atoms with Crippen molar-refractivity contribution in [1.82, 2.24) is 14.9 Å². The summed E-state index contributed by atoms with van der Waals surface area (Å²) in [5, 5.41) is 5.20. The first-order valence-electron chi connectivity index (χ1n) is 11.2. The van der Waals surface area contributed by atoms with Gasteiger partial charge in [-0.3, -0.25) is 4.98 Å². The van der Waals surface area contributed by atoms with Gasteiger partial charge in [-0.1, -0.05) is 35.3 Å². The molecule has 0 aliphatic carbocycles. The molecule has 0 unspecified atom stereocenters. The van der Waals surface area contributed by atoms with E-state index in [4.69, 9.17) is 40.2 Å². The lowest BCUT2D eigenvalue weighted by Gasteiger charge is -2.28. The molecule has 2 aromatic heterocycles. The average molecular weight is 523 g/mol. The number of pyridine rings is 1. The molecular formula is C27H24Cl2N4OS. The summed E-state index contributed by atoms with van der Waals surface area (Å²) >= 11 is 18.8. The maximum atomic E-state index is 6.62. The summed E-state index contributed by atoms with van der Waals surface area (Å²) in [6.45, 7) is 4.17. The second-order valence-electron chi connectivity index (χ2n) is 8.43. The van der Waals surface area contributed by atoms with E-state index in [0.29, 0.717) is 15.2 Å². The number of hydrogen-bond donors (Lipinski definition) is 1. The van der Waals surface area contributed by atoms with Crippen LogP contribution in [0, 0.1) is 13.8 Å². The molecule has 1 aliphatic rings. The largest absolute Gasteiger partial charge is 0.497 e. The molecule has 5 rings (SSSR count). The smallest absolute Gasteiger partial charge is 0.174 e. The van der Waals surface area contributed by atoms with Crippen LogP contribution in [0.3, 0.4) is 0 Å². The number of benzene rings is 2. The number of rotatable bonds is 5. The van der Waals surface area contributed by atoms with E-state index in [0.717, 1.165) is 39.8 Å². The van der Waals surface area contributed by atoms with Crippen LogP contribution in [0.5, 0.6) is 5.75 Å². The normalized spacial score (nSPS) is 17.5. The van der Waals surface area contributed by atoms with Crippen molar-refractivity contribution < 1.29 is 4.74 Å². The van der Waals surface area contributed by atoms with Crippen molar-refractivity contribution in [3.8, 4) is 11.4 Å². The number of halogens is 2. The average Bonchev–Trinajstić information content (AvgIpc) is 3.36. The first kappa shape index (κ1) is 23.7. The fourth-order valence-electron chi connectivity index (χ4n) is 4.81. The number of thiocarbonyl (C=S) groups is 1. The molecule has 1 N–H and O–H groups in total. The van der Waals surface area contributed by atoms with Crippen LogP contribution >= 0.6 is 35.4 Å². The monoisotopic (exact) mass is 522 g/mol. The molecule has 3 heterocycles. The zero-order chi connectivity index (χ0) is 24.7. The summed E-state index contributed by atoms with van der Waals surface area (Å²) in [5.41, 5.74) is 5.96. The van der Waals surface area contributed by atoms with E-state index in [-0.39, 0.29) is 12.1 Å². The highest BCUT2D eigenvalue weighted by Crippen LogP contribution is 2.44. The van der Waals surface area contributed by atoms with E-state index >= 15 is 0 Å². The highest BCUT2D eigenvalue weighted by atomic mass is 35.5. The van der Waals surface area contributed by atoms with Crippen molar-refractivity contribution in [3.63, 3.8) is 0 Å². The van der Waals surface area contributed by atoms with Crippen LogP contribution in [-0.4, -0.2) is 21.8 Å². The Morgan fingerprint density at radius 2 is 1.77 bits per heavy atom. The van der Waals surface area contributed by atoms with Gasteiger partial charge >= 0.3 is 0 Å². The fourth-order valence-corrected chi connectivity index (χ4v) is 5.54. The van der Waals surface area contributed by atoms with Gasteiger partial charge in [-0.25, -0.2) is 0 Å². The van der Waals surface area contributed by atoms with E-state index in [9.17, 15) is 0 Å². The molecule has 8 heteroatoms. The van der Waals surface area contributed by atoms with E-state index in [1.54, 1.807) is 13.2 Å². The number of aromatic nitrogens is 2. The van der Waals surface area contributed by atoms with Crippen LogP contribution < -0.4 is 15.0 Å². The summed E-state index contributed by atoms with van der Waals surface area (Å²) in [6.07, 6.45) is 1.81. The first-order valence-corrected chi connectivity index (χ1v) is 12.3. The zero-order valence-corrected chi connectivity index (χ0v) is 21.8. The molecule has 0 amide bonds. The van der Waals surface area contributed by atoms with Crippen molar-refractivity contribution in [2.24, 2.45) is 0 Å². The molecule has 0 radical (unpaired) electrons. The Balaban J connectivity index is 1.68. The number of anilines is 1. The minimum Gasteiger partial charge on any atom is -0.497 e. The molecule has 2 aromatic carbocycles. The minimum absolute atomic E-state index is 0.135. The van der Waals surface area contributed by atoms with Gasteiger partial charge in [-0.05, 0) is 86.2 Å². The fraction of sp³-hybridized carbons (Fsp3) is 0.185. The third kappa shape index (κ3) is 4.16. The molecule has 35 heavy (non-hydrogen) atoms. The number of aryl methyl sites for hydroxylation is 1. The minimum atomic E-state index is -0.144. The molecule has 0 bridgehead atoms. The standard InChI is InChI=1S/C27H24Cl2N4OS/c1-16-15-20(17(2)32(16)23-9-6-7-21(28)24(23)29)26-25(22-8-4-5-14-30-22)31-27(35)33(26)18-10-12-19(34-3)13-11-18/h4-15,25-26H,1-3H3,(H,31,35)/t25-,26+/m1/s1. The summed E-state index contributed by atoms with van der Waals surface area (Å²) < 4.78 is 7.51. The molecule has 1 aliphatic heterocycles. The predicted octanol–water partition coefficient (Wildman–Crippen LogP) is 6.98. The van der Waals surface area contributed by atoms with Crippen LogP contribution in [0.15, 0.2) is 72.9 Å². The van der Waals surface area contributed by atoms with E-state index < -0.39 is 0 Å². The molecule has 4 aromatic rings. The molecule has 2 atom stereocenters. The Kier molecular flexibility index (Phi) is 6.45. The zero-order valence-electron chi connectivity index (χ0n) is 19.5. The second kappa shape index (κ2) is 9.53.